The Morgan fingerprint density at radius 3 is 2.32 bits per heavy atom. The van der Waals surface area contributed by atoms with Gasteiger partial charge in [-0.15, -0.1) is 0 Å². The van der Waals surface area contributed by atoms with Gasteiger partial charge in [-0.1, -0.05) is 0 Å². The van der Waals surface area contributed by atoms with Crippen LogP contribution in [0.5, 0.6) is 0 Å². The summed E-state index contributed by atoms with van der Waals surface area (Å²) in [6.45, 7) is -0.509. The molecule has 0 saturated carbocycles. The molecule has 9 heteroatoms. The average molecular weight is 284 g/mol. The van der Waals surface area contributed by atoms with Crippen molar-refractivity contribution in [2.24, 2.45) is 5.73 Å². The Balaban J connectivity index is 3.48. The summed E-state index contributed by atoms with van der Waals surface area (Å²) < 4.78 is 63.2. The first-order valence-electron chi connectivity index (χ1n) is 4.96. The number of carboxylic acids is 1. The summed E-state index contributed by atoms with van der Waals surface area (Å²) in [6.07, 6.45) is -9.16. The molecule has 106 valence electrons. The van der Waals surface area contributed by atoms with Gasteiger partial charge in [0, 0.05) is 12.1 Å². The predicted molar refractivity (Wildman–Crippen MR) is 53.4 cm³/mol. The van der Waals surface area contributed by atoms with Crippen LogP contribution in [0.25, 0.3) is 0 Å². The van der Waals surface area contributed by atoms with Gasteiger partial charge >= 0.3 is 12.1 Å². The summed E-state index contributed by atoms with van der Waals surface area (Å²) in [5, 5.41) is 8.51. The molecule has 0 aliphatic rings. The molecule has 0 atom stereocenters. The Bertz CT molecular complexity index is 488. The summed E-state index contributed by atoms with van der Waals surface area (Å²) in [5.41, 5.74) is 1.42. The number of aromatic nitrogens is 1. The van der Waals surface area contributed by atoms with Gasteiger partial charge in [0.05, 0.1) is 23.4 Å². The van der Waals surface area contributed by atoms with E-state index >= 15 is 0 Å². The van der Waals surface area contributed by atoms with Gasteiger partial charge in [0.25, 0.3) is 6.43 Å². The predicted octanol–water partition coefficient (Wildman–Crippen LogP) is 2.12. The van der Waals surface area contributed by atoms with Crippen molar-refractivity contribution in [3.05, 3.63) is 28.6 Å². The number of carbonyl (C=O) groups is 1. The highest BCUT2D eigenvalue weighted by molar-refractivity contribution is 5.70. The van der Waals surface area contributed by atoms with Crippen LogP contribution in [-0.4, -0.2) is 16.1 Å². The van der Waals surface area contributed by atoms with E-state index in [1.807, 2.05) is 0 Å². The minimum Gasteiger partial charge on any atom is -0.481 e. The van der Waals surface area contributed by atoms with Crippen LogP contribution < -0.4 is 5.73 Å². The van der Waals surface area contributed by atoms with E-state index in [2.05, 4.69) is 4.98 Å². The Morgan fingerprint density at radius 1 is 1.37 bits per heavy atom. The lowest BCUT2D eigenvalue weighted by molar-refractivity contribution is -0.140. The van der Waals surface area contributed by atoms with Crippen LogP contribution in [0.15, 0.2) is 6.07 Å². The lowest BCUT2D eigenvalue weighted by Crippen LogP contribution is -2.18. The van der Waals surface area contributed by atoms with E-state index in [0.717, 1.165) is 0 Å². The average Bonchev–Trinajstić information content (AvgIpc) is 2.25. The van der Waals surface area contributed by atoms with Gasteiger partial charge in [-0.05, 0) is 6.07 Å². The van der Waals surface area contributed by atoms with Gasteiger partial charge in [0.2, 0.25) is 0 Å². The molecule has 0 saturated heterocycles. The smallest absolute Gasteiger partial charge is 0.418 e. The minimum atomic E-state index is -4.96. The second kappa shape index (κ2) is 5.47. The number of hydrogen-bond acceptors (Lipinski definition) is 3. The van der Waals surface area contributed by atoms with Crippen molar-refractivity contribution in [2.75, 3.05) is 0 Å². The molecule has 0 fully saturated rings. The summed E-state index contributed by atoms with van der Waals surface area (Å²) >= 11 is 0. The van der Waals surface area contributed by atoms with E-state index in [-0.39, 0.29) is 6.07 Å². The lowest BCUT2D eigenvalue weighted by Gasteiger charge is -2.15. The fraction of sp³-hybridized carbons (Fsp3) is 0.400. The molecule has 0 aliphatic carbocycles. The second-order valence-electron chi connectivity index (χ2n) is 3.59. The van der Waals surface area contributed by atoms with E-state index in [1.54, 1.807) is 0 Å². The molecule has 0 spiro atoms. The van der Waals surface area contributed by atoms with Crippen molar-refractivity contribution in [2.45, 2.75) is 25.6 Å². The molecule has 1 rings (SSSR count). The zero-order valence-electron chi connectivity index (χ0n) is 9.34. The molecule has 1 aromatic heterocycles. The minimum absolute atomic E-state index is 0.206. The number of hydrogen-bond donors (Lipinski definition) is 2. The fourth-order valence-electron chi connectivity index (χ4n) is 1.49. The van der Waals surface area contributed by atoms with Crippen LogP contribution in [0, 0.1) is 0 Å². The third-order valence-electron chi connectivity index (χ3n) is 2.27. The topological polar surface area (TPSA) is 76.2 Å². The maximum atomic E-state index is 12.7. The molecule has 1 heterocycles. The highest BCUT2D eigenvalue weighted by atomic mass is 19.4. The van der Waals surface area contributed by atoms with Crippen LogP contribution in [0.3, 0.4) is 0 Å². The Kier molecular flexibility index (Phi) is 4.40. The first-order chi connectivity index (χ1) is 8.66. The second-order valence-corrected chi connectivity index (χ2v) is 3.59. The number of alkyl halides is 5. The molecule has 19 heavy (non-hydrogen) atoms. The van der Waals surface area contributed by atoms with Crippen LogP contribution in [0.4, 0.5) is 22.0 Å². The van der Waals surface area contributed by atoms with Crippen molar-refractivity contribution in [3.8, 4) is 0 Å². The number of aliphatic carboxylic acids is 1. The first-order valence-corrected chi connectivity index (χ1v) is 4.96. The Labute approximate surface area is 104 Å². The molecular weight excluding hydrogens is 275 g/mol. The molecule has 1 aromatic rings. The summed E-state index contributed by atoms with van der Waals surface area (Å²) in [6, 6.07) is 0.206. The van der Waals surface area contributed by atoms with Crippen molar-refractivity contribution in [1.82, 2.24) is 4.98 Å². The van der Waals surface area contributed by atoms with Crippen molar-refractivity contribution in [1.29, 1.82) is 0 Å². The molecule has 0 aromatic carbocycles. The van der Waals surface area contributed by atoms with Crippen molar-refractivity contribution in [3.63, 3.8) is 0 Å². The van der Waals surface area contributed by atoms with Gasteiger partial charge in [0.1, 0.15) is 0 Å². The van der Waals surface area contributed by atoms with E-state index < -0.39 is 54.1 Å². The molecule has 0 amide bonds. The summed E-state index contributed by atoms with van der Waals surface area (Å²) in [7, 11) is 0. The molecule has 4 nitrogen and oxygen atoms in total. The van der Waals surface area contributed by atoms with E-state index in [4.69, 9.17) is 10.8 Å². The molecule has 0 bridgehead atoms. The van der Waals surface area contributed by atoms with Crippen LogP contribution >= 0.6 is 0 Å². The Morgan fingerprint density at radius 2 is 1.95 bits per heavy atom. The number of halogens is 5. The standard InChI is InChI=1S/C10H9F5N2O2/c11-9(12)4-1-5(10(13,14)15)6(2-8(18)19)17-7(4)3-16/h1,9H,2-3,16H2,(H,18,19). The van der Waals surface area contributed by atoms with Gasteiger partial charge in [-0.2, -0.15) is 13.2 Å². The molecular formula is C10H9F5N2O2. The van der Waals surface area contributed by atoms with Gasteiger partial charge < -0.3 is 10.8 Å². The van der Waals surface area contributed by atoms with E-state index in [0.29, 0.717) is 0 Å². The van der Waals surface area contributed by atoms with E-state index in [1.165, 1.54) is 0 Å². The van der Waals surface area contributed by atoms with Crippen molar-refractivity contribution >= 4 is 5.97 Å². The van der Waals surface area contributed by atoms with Crippen LogP contribution in [0.2, 0.25) is 0 Å². The summed E-state index contributed by atoms with van der Waals surface area (Å²) in [5.74, 6) is -1.55. The third kappa shape index (κ3) is 3.60. The largest absolute Gasteiger partial charge is 0.481 e. The van der Waals surface area contributed by atoms with Gasteiger partial charge in [-0.3, -0.25) is 9.78 Å². The zero-order valence-corrected chi connectivity index (χ0v) is 9.34. The highest BCUT2D eigenvalue weighted by Crippen LogP contribution is 2.35. The maximum Gasteiger partial charge on any atom is 0.418 e. The third-order valence-corrected chi connectivity index (χ3v) is 2.27. The monoisotopic (exact) mass is 284 g/mol. The number of carboxylic acid groups (broad SMARTS) is 1. The zero-order chi connectivity index (χ0) is 14.8. The summed E-state index contributed by atoms with van der Waals surface area (Å²) in [4.78, 5) is 13.8. The first kappa shape index (κ1) is 15.3. The van der Waals surface area contributed by atoms with Gasteiger partial charge in [0.15, 0.2) is 0 Å². The highest BCUT2D eigenvalue weighted by Gasteiger charge is 2.36. The fourth-order valence-corrected chi connectivity index (χ4v) is 1.49. The molecule has 0 aliphatic heterocycles. The number of nitrogens with two attached hydrogens (primary N) is 1. The number of pyridine rings is 1. The normalized spacial score (nSPS) is 11.9. The van der Waals surface area contributed by atoms with Crippen molar-refractivity contribution < 1.29 is 31.9 Å². The Hall–Kier alpha value is -1.77. The molecule has 0 unspecified atom stereocenters. The maximum absolute atomic E-state index is 12.7. The van der Waals surface area contributed by atoms with E-state index in [9.17, 15) is 26.7 Å². The van der Waals surface area contributed by atoms with Gasteiger partial charge in [-0.25, -0.2) is 8.78 Å². The van der Waals surface area contributed by atoms with Crippen LogP contribution in [-0.2, 0) is 23.9 Å². The quantitative estimate of drug-likeness (QED) is 0.830. The SMILES string of the molecule is NCc1nc(CC(=O)O)c(C(F)(F)F)cc1C(F)F. The lowest BCUT2D eigenvalue weighted by atomic mass is 10.0. The molecule has 0 radical (unpaired) electrons. The molecule has 3 N–H and O–H groups in total. The van der Waals surface area contributed by atoms with Crippen LogP contribution in [0.1, 0.15) is 28.9 Å². The number of rotatable bonds is 4. The number of nitrogens with zero attached hydrogens (tertiary/aromatic N) is 1.